The molecule has 94 valence electrons. The molecule has 6 heteroatoms. The summed E-state index contributed by atoms with van der Waals surface area (Å²) in [7, 11) is 1.57. The molecule has 0 saturated carbocycles. The number of aromatic nitrogens is 2. The van der Waals surface area contributed by atoms with E-state index in [1.807, 2.05) is 0 Å². The minimum Gasteiger partial charge on any atom is -0.491 e. The van der Waals surface area contributed by atoms with Crippen LogP contribution in [0.4, 0.5) is 11.8 Å². The van der Waals surface area contributed by atoms with E-state index < -0.39 is 0 Å². The summed E-state index contributed by atoms with van der Waals surface area (Å²) in [5, 5.41) is 3.17. The number of nitrogens with two attached hydrogens (primary N) is 1. The van der Waals surface area contributed by atoms with Gasteiger partial charge in [0.05, 0.1) is 13.3 Å². The number of rotatable bonds is 6. The van der Waals surface area contributed by atoms with Crippen LogP contribution in [0.3, 0.4) is 0 Å². The van der Waals surface area contributed by atoms with Crippen LogP contribution in [0.25, 0.3) is 0 Å². The van der Waals surface area contributed by atoms with Gasteiger partial charge in [0.1, 0.15) is 0 Å². The Bertz CT molecular complexity index is 335. The zero-order chi connectivity index (χ0) is 12.0. The Labute approximate surface area is 126 Å². The van der Waals surface area contributed by atoms with E-state index in [2.05, 4.69) is 29.1 Å². The fraction of sp³-hybridized carbons (Fsp3) is 0.545. The minimum atomic E-state index is 0. The molecule has 0 saturated heterocycles. The van der Waals surface area contributed by atoms with Crippen LogP contribution in [0, 0.1) is 38.0 Å². The Morgan fingerprint density at radius 3 is 2.88 bits per heavy atom. The SMILES string of the molecule is [CH2-][C@@H](CCCC)Nc1nc(N)ncc1OC.[U]. The Balaban J connectivity index is 0.00000256. The smallest absolute Gasteiger partial charge is 0.222 e. The largest absolute Gasteiger partial charge is 0.491 e. The van der Waals surface area contributed by atoms with Crippen molar-refractivity contribution in [2.75, 3.05) is 18.2 Å². The summed E-state index contributed by atoms with van der Waals surface area (Å²) in [5.41, 5.74) is 5.52. The molecule has 0 spiro atoms. The van der Waals surface area contributed by atoms with Gasteiger partial charge in [-0.3, -0.25) is 0 Å². The van der Waals surface area contributed by atoms with E-state index in [9.17, 15) is 0 Å². The van der Waals surface area contributed by atoms with Crippen LogP contribution in [0.15, 0.2) is 6.20 Å². The zero-order valence-electron chi connectivity index (χ0n) is 10.4. The number of nitrogens with zero attached hydrogens (tertiary/aromatic N) is 2. The molecule has 17 heavy (non-hydrogen) atoms. The van der Waals surface area contributed by atoms with E-state index in [1.165, 1.54) is 0 Å². The van der Waals surface area contributed by atoms with Crippen molar-refractivity contribution in [3.05, 3.63) is 13.1 Å². The maximum absolute atomic E-state index is 5.52. The van der Waals surface area contributed by atoms with Crippen molar-refractivity contribution >= 4 is 11.8 Å². The third kappa shape index (κ3) is 5.60. The summed E-state index contributed by atoms with van der Waals surface area (Å²) in [6.45, 7) is 6.16. The molecule has 3 N–H and O–H groups in total. The summed E-state index contributed by atoms with van der Waals surface area (Å²) in [6.07, 6.45) is 4.82. The molecule has 1 aromatic heterocycles. The molecule has 5 nitrogen and oxygen atoms in total. The quantitative estimate of drug-likeness (QED) is 0.634. The van der Waals surface area contributed by atoms with Gasteiger partial charge in [0.2, 0.25) is 5.95 Å². The van der Waals surface area contributed by atoms with E-state index in [1.54, 1.807) is 13.3 Å². The van der Waals surface area contributed by atoms with Crippen molar-refractivity contribution in [2.45, 2.75) is 32.2 Å². The fourth-order valence-corrected chi connectivity index (χ4v) is 1.35. The van der Waals surface area contributed by atoms with Crippen LogP contribution < -0.4 is 15.8 Å². The second kappa shape index (κ2) is 8.60. The first kappa shape index (κ1) is 16.5. The van der Waals surface area contributed by atoms with Crippen molar-refractivity contribution in [2.24, 2.45) is 0 Å². The first-order valence-corrected chi connectivity index (χ1v) is 5.43. The van der Waals surface area contributed by atoms with Crippen LogP contribution in [-0.2, 0) is 0 Å². The van der Waals surface area contributed by atoms with Crippen molar-refractivity contribution in [1.82, 2.24) is 9.97 Å². The van der Waals surface area contributed by atoms with Crippen molar-refractivity contribution in [3.8, 4) is 5.75 Å². The van der Waals surface area contributed by atoms with Crippen LogP contribution >= 0.6 is 0 Å². The van der Waals surface area contributed by atoms with Gasteiger partial charge < -0.3 is 22.7 Å². The number of ether oxygens (including phenoxy) is 1. The third-order valence-electron chi connectivity index (χ3n) is 2.24. The summed E-state index contributed by atoms with van der Waals surface area (Å²) in [6, 6.07) is 0.100. The van der Waals surface area contributed by atoms with Gasteiger partial charge >= 0.3 is 0 Å². The van der Waals surface area contributed by atoms with Crippen molar-refractivity contribution in [3.63, 3.8) is 0 Å². The molecular formula is C11H19N4OU-. The fourth-order valence-electron chi connectivity index (χ4n) is 1.35. The van der Waals surface area contributed by atoms with Crippen molar-refractivity contribution in [1.29, 1.82) is 0 Å². The van der Waals surface area contributed by atoms with Crippen LogP contribution in [0.1, 0.15) is 26.2 Å². The minimum absolute atomic E-state index is 0. The monoisotopic (exact) mass is 461 g/mol. The first-order valence-electron chi connectivity index (χ1n) is 5.43. The molecule has 0 amide bonds. The molecule has 0 radical (unpaired) electrons. The Hall–Kier alpha value is -0.468. The van der Waals surface area contributed by atoms with E-state index >= 15 is 0 Å². The predicted molar refractivity (Wildman–Crippen MR) is 65.3 cm³/mol. The van der Waals surface area contributed by atoms with E-state index in [4.69, 9.17) is 10.5 Å². The van der Waals surface area contributed by atoms with Gasteiger partial charge in [-0.05, 0) is 0 Å². The van der Waals surface area contributed by atoms with Gasteiger partial charge in [0.15, 0.2) is 11.6 Å². The molecule has 0 aliphatic heterocycles. The van der Waals surface area contributed by atoms with Crippen LogP contribution in [0.2, 0.25) is 0 Å². The van der Waals surface area contributed by atoms with Gasteiger partial charge in [0, 0.05) is 31.1 Å². The van der Waals surface area contributed by atoms with Crippen molar-refractivity contribution < 1.29 is 35.9 Å². The average Bonchev–Trinajstić information content (AvgIpc) is 2.27. The van der Waals surface area contributed by atoms with E-state index in [0.29, 0.717) is 11.6 Å². The molecule has 1 heterocycles. The molecular weight excluding hydrogens is 442 g/mol. The predicted octanol–water partition coefficient (Wildman–Crippen LogP) is 1.87. The second-order valence-electron chi connectivity index (χ2n) is 3.63. The van der Waals surface area contributed by atoms with Crippen LogP contribution in [0.5, 0.6) is 5.75 Å². The average molecular weight is 461 g/mol. The summed E-state index contributed by atoms with van der Waals surface area (Å²) < 4.78 is 5.13. The van der Waals surface area contributed by atoms with E-state index in [-0.39, 0.29) is 43.1 Å². The number of nitrogen functional groups attached to an aromatic ring is 1. The number of methoxy groups -OCH3 is 1. The standard InChI is InChI=1S/C11H19N4O.U/c1-4-5-6-8(2)14-10-9(16-3)7-13-11(12)15-10;/h7-8H,2,4-6H2,1,3H3,(H3,12,13,14,15);/q-1;/t8-;/m0./s1. The zero-order valence-corrected chi connectivity index (χ0v) is 14.5. The molecule has 0 aliphatic carbocycles. The Kier molecular flexibility index (Phi) is 8.36. The van der Waals surface area contributed by atoms with Crippen LogP contribution in [-0.4, -0.2) is 23.1 Å². The molecule has 0 aliphatic rings. The Morgan fingerprint density at radius 2 is 2.29 bits per heavy atom. The van der Waals surface area contributed by atoms with Gasteiger partial charge in [-0.1, -0.05) is 32.2 Å². The molecule has 0 aromatic carbocycles. The van der Waals surface area contributed by atoms with Gasteiger partial charge in [-0.15, -0.1) is 0 Å². The Morgan fingerprint density at radius 1 is 1.59 bits per heavy atom. The van der Waals surface area contributed by atoms with Gasteiger partial charge in [-0.2, -0.15) is 4.98 Å². The molecule has 0 bridgehead atoms. The second-order valence-corrected chi connectivity index (χ2v) is 3.63. The number of unbranched alkanes of at least 4 members (excludes halogenated alkanes) is 1. The topological polar surface area (TPSA) is 73.1 Å². The summed E-state index contributed by atoms with van der Waals surface area (Å²) in [4.78, 5) is 7.94. The molecule has 1 rings (SSSR count). The molecule has 1 atom stereocenters. The number of hydrogen-bond acceptors (Lipinski definition) is 5. The maximum Gasteiger partial charge on any atom is 0.222 e. The molecule has 1 aromatic rings. The normalized spacial score (nSPS) is 11.5. The number of nitrogens with one attached hydrogen (secondary N) is 1. The molecule has 0 unspecified atom stereocenters. The summed E-state index contributed by atoms with van der Waals surface area (Å²) in [5.74, 6) is 1.41. The number of hydrogen-bond donors (Lipinski definition) is 2. The maximum atomic E-state index is 5.52. The van der Waals surface area contributed by atoms with Gasteiger partial charge in [0.25, 0.3) is 0 Å². The third-order valence-corrected chi connectivity index (χ3v) is 2.24. The number of anilines is 2. The van der Waals surface area contributed by atoms with E-state index in [0.717, 1.165) is 19.3 Å². The van der Waals surface area contributed by atoms with Gasteiger partial charge in [-0.25, -0.2) is 4.98 Å². The first-order chi connectivity index (χ1) is 7.67. The summed E-state index contributed by atoms with van der Waals surface area (Å²) >= 11 is 0. The molecule has 0 fully saturated rings.